The fourth-order valence-corrected chi connectivity index (χ4v) is 11.4. The molecule has 3 saturated heterocycles. The number of carbonyl (C=O) groups excluding carboxylic acids is 8. The molecule has 0 spiro atoms. The van der Waals surface area contributed by atoms with Gasteiger partial charge in [-0.05, 0) is 170 Å². The molecule has 25 nitrogen and oxygen atoms in total. The molecule has 11 rings (SSSR count). The van der Waals surface area contributed by atoms with Gasteiger partial charge < -0.3 is 79.7 Å². The zero-order valence-electron chi connectivity index (χ0n) is 57.6. The Morgan fingerprint density at radius 3 is 1.15 bits per heavy atom. The van der Waals surface area contributed by atoms with Crippen LogP contribution >= 0.6 is 31.9 Å². The first-order chi connectivity index (χ1) is 50.3. The number of phenolic OH excluding ortho intramolecular Hbond substituents is 1. The predicted octanol–water partition coefficient (Wildman–Crippen LogP) is 8.45. The van der Waals surface area contributed by atoms with Gasteiger partial charge in [0.2, 0.25) is 17.7 Å². The van der Waals surface area contributed by atoms with E-state index in [9.17, 15) is 48.3 Å². The maximum Gasteiger partial charge on any atom is 0.336 e. The van der Waals surface area contributed by atoms with Crippen molar-refractivity contribution in [2.75, 3.05) is 120 Å². The minimum absolute atomic E-state index is 0.0189. The van der Waals surface area contributed by atoms with E-state index in [1.54, 1.807) is 142 Å². The van der Waals surface area contributed by atoms with Crippen molar-refractivity contribution in [1.82, 2.24) is 45.8 Å². The third-order valence-corrected chi connectivity index (χ3v) is 17.9. The molecule has 0 aromatic heterocycles. The minimum atomic E-state index is -0.972. The molecule has 3 aliphatic rings. The van der Waals surface area contributed by atoms with E-state index in [2.05, 4.69) is 53.1 Å². The van der Waals surface area contributed by atoms with E-state index < -0.39 is 5.97 Å². The number of amides is 8. The third-order valence-electron chi connectivity index (χ3n) is 16.5. The fourth-order valence-electron chi connectivity index (χ4n) is 10.5. The lowest BCUT2D eigenvalue weighted by atomic mass is 10.1. The summed E-state index contributed by atoms with van der Waals surface area (Å²) in [5, 5.41) is 29.1. The maximum absolute atomic E-state index is 12.9. The maximum atomic E-state index is 12.9. The summed E-state index contributed by atoms with van der Waals surface area (Å²) in [6.45, 7) is 6.94. The molecule has 3 fully saturated rings. The third kappa shape index (κ3) is 24.2. The standard InChI is InChI=1S/C28H28BrN3O5.C21H23N3O5.C20H23N3O3.C8H7BrO3/c1-36-23-11-12-25(29)24(17-23)28(35)32-15-13-31(14-16-32)26(33)18-30-27(34)21-7-9-22(10-8-21)37-19-20-5-3-2-4-6-20;1-29-18-4-2-3-16(13-18)21(28)24-11-9-23(10-12-24)19(26)14-22-20(27)15-5-7-17(25)8-6-15;24-19(23-12-10-21-11-13-23)14-22-20(25)17-6-8-18(9-7-17)26-15-16-4-2-1-3-5-16;1-12-5-2-3-7(9)6(4-5)8(10)11/h2-12,17H,13-16,18-19H2,1H3,(H,30,34);2-8,13,25H,9-12,14H2,1H3,(H,22,27);1-9,21H,10-15H2,(H,22,25);2-4H,1H3,(H,10,11). The Balaban J connectivity index is 0.000000185. The van der Waals surface area contributed by atoms with Gasteiger partial charge >= 0.3 is 5.97 Å². The molecule has 0 radical (unpaired) electrons. The summed E-state index contributed by atoms with van der Waals surface area (Å²) >= 11 is 6.55. The van der Waals surface area contributed by atoms with Crippen LogP contribution in [0, 0.1) is 0 Å². The molecule has 8 aromatic carbocycles. The van der Waals surface area contributed by atoms with Gasteiger partial charge in [-0.3, -0.25) is 38.4 Å². The Morgan fingerprint density at radius 2 is 0.740 bits per heavy atom. The van der Waals surface area contributed by atoms with Gasteiger partial charge in [0.15, 0.2) is 0 Å². The first-order valence-electron chi connectivity index (χ1n) is 33.1. The van der Waals surface area contributed by atoms with Gasteiger partial charge in [0.1, 0.15) is 47.7 Å². The smallest absolute Gasteiger partial charge is 0.336 e. The van der Waals surface area contributed by atoms with Gasteiger partial charge in [-0.1, -0.05) is 66.7 Å². The van der Waals surface area contributed by atoms with E-state index in [4.69, 9.17) is 28.8 Å². The molecule has 3 aliphatic heterocycles. The highest BCUT2D eigenvalue weighted by molar-refractivity contribution is 9.10. The number of hydrogen-bond donors (Lipinski definition) is 6. The average molecular weight is 1550 g/mol. The topological polar surface area (TPSA) is 305 Å². The van der Waals surface area contributed by atoms with Crippen LogP contribution in [0.2, 0.25) is 0 Å². The number of benzene rings is 8. The Bertz CT molecular complexity index is 4200. The second kappa shape index (κ2) is 40.4. The molecule has 8 aromatic rings. The first kappa shape index (κ1) is 78.4. The number of carboxylic acid groups (broad SMARTS) is 1. The van der Waals surface area contributed by atoms with E-state index in [0.29, 0.717) is 144 Å². The van der Waals surface area contributed by atoms with Crippen LogP contribution < -0.4 is 45.0 Å². The number of ether oxygens (including phenoxy) is 5. The Morgan fingerprint density at radius 1 is 0.385 bits per heavy atom. The number of methoxy groups -OCH3 is 3. The van der Waals surface area contributed by atoms with Crippen molar-refractivity contribution in [3.05, 3.63) is 248 Å². The molecule has 0 saturated carbocycles. The monoisotopic (exact) mass is 1550 g/mol. The normalized spacial score (nSPS) is 13.1. The van der Waals surface area contributed by atoms with Gasteiger partial charge in [-0.25, -0.2) is 4.79 Å². The quantitative estimate of drug-likeness (QED) is 0.0393. The zero-order chi connectivity index (χ0) is 74.3. The highest BCUT2D eigenvalue weighted by atomic mass is 79.9. The zero-order valence-corrected chi connectivity index (χ0v) is 60.8. The van der Waals surface area contributed by atoms with Gasteiger partial charge in [0.05, 0.1) is 52.1 Å². The van der Waals surface area contributed by atoms with Crippen LogP contribution in [0.15, 0.2) is 203 Å². The molecule has 544 valence electrons. The first-order valence-corrected chi connectivity index (χ1v) is 34.7. The van der Waals surface area contributed by atoms with E-state index in [0.717, 1.165) is 24.2 Å². The number of carboxylic acids is 1. The summed E-state index contributed by atoms with van der Waals surface area (Å²) in [7, 11) is 4.60. The van der Waals surface area contributed by atoms with E-state index >= 15 is 0 Å². The van der Waals surface area contributed by atoms with E-state index in [1.165, 1.54) is 37.4 Å². The number of halogens is 2. The molecule has 0 unspecified atom stereocenters. The number of piperazine rings is 3. The van der Waals surface area contributed by atoms with Gasteiger partial charge in [0.25, 0.3) is 29.5 Å². The molecule has 27 heteroatoms. The van der Waals surface area contributed by atoms with Crippen LogP contribution in [-0.4, -0.2) is 207 Å². The van der Waals surface area contributed by atoms with Crippen LogP contribution in [0.25, 0.3) is 0 Å². The molecular weight excluding hydrogens is 1470 g/mol. The molecule has 0 bridgehead atoms. The van der Waals surface area contributed by atoms with Crippen molar-refractivity contribution >= 4 is 85.1 Å². The molecule has 6 N–H and O–H groups in total. The van der Waals surface area contributed by atoms with Crippen molar-refractivity contribution in [3.63, 3.8) is 0 Å². The number of hydrogen-bond acceptors (Lipinski definition) is 16. The van der Waals surface area contributed by atoms with E-state index in [-0.39, 0.29) is 78.2 Å². The number of nitrogens with zero attached hydrogens (tertiary/aromatic N) is 5. The van der Waals surface area contributed by atoms with Gasteiger partial charge in [0, 0.05) is 110 Å². The Hall–Kier alpha value is -11.3. The Labute approximate surface area is 619 Å². The molecule has 8 amide bonds. The van der Waals surface area contributed by atoms with Gasteiger partial charge in [-0.15, -0.1) is 0 Å². The summed E-state index contributed by atoms with van der Waals surface area (Å²) in [6, 6.07) is 56.2. The molecule has 0 aliphatic carbocycles. The minimum Gasteiger partial charge on any atom is -0.508 e. The highest BCUT2D eigenvalue weighted by Crippen LogP contribution is 2.26. The largest absolute Gasteiger partial charge is 0.508 e. The number of aromatic hydroxyl groups is 1. The van der Waals surface area contributed by atoms with Crippen molar-refractivity contribution in [2.24, 2.45) is 0 Å². The fraction of sp³-hybridized carbons (Fsp3) is 0.260. The predicted molar refractivity (Wildman–Crippen MR) is 395 cm³/mol. The van der Waals surface area contributed by atoms with Crippen molar-refractivity contribution in [2.45, 2.75) is 13.2 Å². The lowest BCUT2D eigenvalue weighted by molar-refractivity contribution is -0.132. The van der Waals surface area contributed by atoms with Crippen LogP contribution in [0.4, 0.5) is 0 Å². The summed E-state index contributed by atoms with van der Waals surface area (Å²) < 4.78 is 27.9. The summed E-state index contributed by atoms with van der Waals surface area (Å²) in [5.41, 5.74) is 4.72. The second-order valence-corrected chi connectivity index (χ2v) is 25.1. The summed E-state index contributed by atoms with van der Waals surface area (Å²) in [6.07, 6.45) is 0. The SMILES string of the molecule is COc1ccc(Br)c(C(=O)N2CCN(C(=O)CNC(=O)c3ccc(OCc4ccccc4)cc3)CC2)c1.COc1ccc(Br)c(C(=O)O)c1.COc1cccc(C(=O)N2CCN(C(=O)CNC(=O)c3ccc(O)cc3)CC2)c1.O=C(NCC(=O)N1CCNCC1)c1ccc(OCc2ccccc2)cc1. The molecule has 3 heterocycles. The molecule has 104 heavy (non-hydrogen) atoms. The highest BCUT2D eigenvalue weighted by Gasteiger charge is 2.28. The average Bonchev–Trinajstić information content (AvgIpc) is 0.623. The van der Waals surface area contributed by atoms with Crippen molar-refractivity contribution < 1.29 is 77.0 Å². The number of rotatable bonds is 21. The molecule has 0 atom stereocenters. The second-order valence-electron chi connectivity index (χ2n) is 23.4. The lowest BCUT2D eigenvalue weighted by Crippen LogP contribution is -2.52. The molecular formula is C77H81Br2N9O16. The Kier molecular flexibility index (Phi) is 30.4. The number of carbonyl (C=O) groups is 9. The van der Waals surface area contributed by atoms with Crippen LogP contribution in [-0.2, 0) is 27.6 Å². The van der Waals surface area contributed by atoms with Crippen molar-refractivity contribution in [1.29, 1.82) is 0 Å². The number of phenols is 1. The van der Waals surface area contributed by atoms with E-state index in [1.807, 2.05) is 60.7 Å². The van der Waals surface area contributed by atoms with Gasteiger partial charge in [-0.2, -0.15) is 0 Å². The lowest BCUT2D eigenvalue weighted by Gasteiger charge is -2.35. The van der Waals surface area contributed by atoms with Crippen LogP contribution in [0.3, 0.4) is 0 Å². The van der Waals surface area contributed by atoms with Crippen LogP contribution in [0.1, 0.15) is 73.3 Å². The number of aromatic carboxylic acids is 1. The summed E-state index contributed by atoms with van der Waals surface area (Å²) in [4.78, 5) is 119. The number of nitrogens with one attached hydrogen (secondary N) is 4. The van der Waals surface area contributed by atoms with Crippen LogP contribution in [0.5, 0.6) is 34.5 Å². The summed E-state index contributed by atoms with van der Waals surface area (Å²) in [5.74, 6) is 0.563. The van der Waals surface area contributed by atoms with Crippen molar-refractivity contribution in [3.8, 4) is 34.5 Å².